The van der Waals surface area contributed by atoms with Gasteiger partial charge >= 0.3 is 0 Å². The summed E-state index contributed by atoms with van der Waals surface area (Å²) in [7, 11) is -3.67. The molecule has 0 atom stereocenters. The molecule has 8 heteroatoms. The van der Waals surface area contributed by atoms with Crippen LogP contribution >= 0.6 is 0 Å². The van der Waals surface area contributed by atoms with E-state index in [0.717, 1.165) is 6.42 Å². The van der Waals surface area contributed by atoms with Crippen molar-refractivity contribution in [2.75, 3.05) is 11.9 Å². The van der Waals surface area contributed by atoms with Crippen LogP contribution in [0.5, 0.6) is 0 Å². The van der Waals surface area contributed by atoms with Crippen molar-refractivity contribution in [3.05, 3.63) is 36.0 Å². The molecule has 0 amide bonds. The number of hydrogen-bond acceptors (Lipinski definition) is 6. The van der Waals surface area contributed by atoms with E-state index in [2.05, 4.69) is 20.2 Å². The fourth-order valence-corrected chi connectivity index (χ4v) is 2.87. The van der Waals surface area contributed by atoms with Crippen LogP contribution in [0, 0.1) is 6.92 Å². The van der Waals surface area contributed by atoms with Crippen molar-refractivity contribution >= 4 is 15.7 Å². The lowest BCUT2D eigenvalue weighted by Crippen LogP contribution is -2.24. The lowest BCUT2D eigenvalue weighted by molar-refractivity contribution is 0.390. The van der Waals surface area contributed by atoms with Gasteiger partial charge in [0, 0.05) is 25.0 Å². The predicted molar refractivity (Wildman–Crippen MR) is 78.3 cm³/mol. The lowest BCUT2D eigenvalue weighted by atomic mass is 10.4. The topological polar surface area (TPSA) is 97.1 Å². The Bertz CT molecular complexity index is 697. The second-order valence-electron chi connectivity index (χ2n) is 4.55. The molecule has 2 N–H and O–H groups in total. The van der Waals surface area contributed by atoms with Crippen LogP contribution in [0.15, 0.2) is 33.9 Å². The highest BCUT2D eigenvalue weighted by molar-refractivity contribution is 7.89. The molecule has 2 rings (SSSR count). The highest BCUT2D eigenvalue weighted by Gasteiger charge is 2.19. The minimum absolute atomic E-state index is 0.0712. The number of sulfonamides is 1. The number of rotatable bonds is 7. The average molecular weight is 310 g/mol. The van der Waals surface area contributed by atoms with Gasteiger partial charge in [-0.25, -0.2) is 13.1 Å². The Kier molecular flexibility index (Phi) is 4.92. The Morgan fingerprint density at radius 1 is 1.38 bits per heavy atom. The van der Waals surface area contributed by atoms with Crippen LogP contribution in [0.2, 0.25) is 0 Å². The Morgan fingerprint density at radius 3 is 2.86 bits per heavy atom. The molecule has 2 aromatic heterocycles. The van der Waals surface area contributed by atoms with Crippen molar-refractivity contribution in [3.63, 3.8) is 0 Å². The summed E-state index contributed by atoms with van der Waals surface area (Å²) in [6.07, 6.45) is 3.78. The van der Waals surface area contributed by atoms with Gasteiger partial charge in [-0.2, -0.15) is 0 Å². The fourth-order valence-electron chi connectivity index (χ4n) is 1.75. The number of aryl methyl sites for hydroxylation is 1. The van der Waals surface area contributed by atoms with Crippen LogP contribution in [0.1, 0.15) is 24.8 Å². The number of nitrogens with zero attached hydrogens (tertiary/aromatic N) is 2. The first kappa shape index (κ1) is 15.5. The van der Waals surface area contributed by atoms with E-state index >= 15 is 0 Å². The Morgan fingerprint density at radius 2 is 2.19 bits per heavy atom. The third kappa shape index (κ3) is 4.02. The molecular formula is C13H18N4O3S. The number of pyridine rings is 1. The van der Waals surface area contributed by atoms with E-state index in [9.17, 15) is 8.42 Å². The maximum Gasteiger partial charge on any atom is 0.244 e. The van der Waals surface area contributed by atoms with Crippen molar-refractivity contribution in [2.24, 2.45) is 0 Å². The van der Waals surface area contributed by atoms with Gasteiger partial charge in [0.25, 0.3) is 0 Å². The highest BCUT2D eigenvalue weighted by Crippen LogP contribution is 2.19. The van der Waals surface area contributed by atoms with E-state index in [1.165, 1.54) is 6.20 Å². The van der Waals surface area contributed by atoms with Gasteiger partial charge in [0.15, 0.2) is 0 Å². The summed E-state index contributed by atoms with van der Waals surface area (Å²) in [5.41, 5.74) is 1.07. The molecule has 0 saturated heterocycles. The number of anilines is 1. The largest absolute Gasteiger partial charge is 0.384 e. The molecule has 0 radical (unpaired) electrons. The van der Waals surface area contributed by atoms with Gasteiger partial charge in [0.2, 0.25) is 10.0 Å². The molecule has 21 heavy (non-hydrogen) atoms. The minimum Gasteiger partial charge on any atom is -0.384 e. The van der Waals surface area contributed by atoms with Crippen molar-refractivity contribution in [2.45, 2.75) is 31.7 Å². The fraction of sp³-hybridized carbons (Fsp3) is 0.385. The number of hydrogen-bond donors (Lipinski definition) is 2. The van der Waals surface area contributed by atoms with E-state index < -0.39 is 10.0 Å². The van der Waals surface area contributed by atoms with Crippen molar-refractivity contribution in [3.8, 4) is 0 Å². The van der Waals surface area contributed by atoms with Crippen LogP contribution in [-0.4, -0.2) is 25.1 Å². The van der Waals surface area contributed by atoms with E-state index in [0.29, 0.717) is 23.7 Å². The predicted octanol–water partition coefficient (Wildman–Crippen LogP) is 1.68. The smallest absolute Gasteiger partial charge is 0.244 e. The first-order valence-electron chi connectivity index (χ1n) is 6.62. The zero-order valence-electron chi connectivity index (χ0n) is 12.0. The second-order valence-corrected chi connectivity index (χ2v) is 6.29. The molecule has 0 aromatic carbocycles. The van der Waals surface area contributed by atoms with Crippen molar-refractivity contribution < 1.29 is 12.9 Å². The molecule has 0 fully saturated rings. The maximum absolute atomic E-state index is 12.3. The molecule has 0 saturated carbocycles. The summed E-state index contributed by atoms with van der Waals surface area (Å²) in [6.45, 7) is 4.52. The normalized spacial score (nSPS) is 11.5. The summed E-state index contributed by atoms with van der Waals surface area (Å²) in [5.74, 6) is 0.635. The second kappa shape index (κ2) is 6.68. The van der Waals surface area contributed by atoms with Gasteiger partial charge in [-0.15, -0.1) is 0 Å². The molecule has 114 valence electrons. The number of aromatic nitrogens is 2. The summed E-state index contributed by atoms with van der Waals surface area (Å²) >= 11 is 0. The molecule has 7 nitrogen and oxygen atoms in total. The maximum atomic E-state index is 12.3. The third-order valence-corrected chi connectivity index (χ3v) is 4.19. The van der Waals surface area contributed by atoms with Gasteiger partial charge in [0.05, 0.1) is 17.9 Å². The van der Waals surface area contributed by atoms with E-state index in [-0.39, 0.29) is 11.4 Å². The Labute approximate surface area is 123 Å². The van der Waals surface area contributed by atoms with Gasteiger partial charge in [-0.1, -0.05) is 12.1 Å². The molecule has 0 aliphatic carbocycles. The molecular weight excluding hydrogens is 292 g/mol. The van der Waals surface area contributed by atoms with Crippen LogP contribution in [0.25, 0.3) is 0 Å². The van der Waals surface area contributed by atoms with Crippen LogP contribution < -0.4 is 10.0 Å². The highest BCUT2D eigenvalue weighted by atomic mass is 32.2. The zero-order valence-corrected chi connectivity index (χ0v) is 12.8. The molecule has 2 aromatic rings. The zero-order chi connectivity index (χ0) is 15.3. The Hall–Kier alpha value is -1.93. The molecule has 0 unspecified atom stereocenters. The third-order valence-electron chi connectivity index (χ3n) is 2.76. The van der Waals surface area contributed by atoms with Crippen molar-refractivity contribution in [1.29, 1.82) is 0 Å². The molecule has 0 aliphatic rings. The van der Waals surface area contributed by atoms with Crippen LogP contribution in [0.4, 0.5) is 5.69 Å². The summed E-state index contributed by atoms with van der Waals surface area (Å²) < 4.78 is 32.1. The monoisotopic (exact) mass is 310 g/mol. The first-order chi connectivity index (χ1) is 10.0. The van der Waals surface area contributed by atoms with E-state index in [4.69, 9.17) is 4.52 Å². The SMILES string of the molecule is CCCNc1ccncc1S(=O)(=O)NCc1cc(C)on1. The first-order valence-corrected chi connectivity index (χ1v) is 8.11. The lowest BCUT2D eigenvalue weighted by Gasteiger charge is -2.11. The molecule has 2 heterocycles. The molecule has 0 aliphatic heterocycles. The van der Waals surface area contributed by atoms with Gasteiger partial charge < -0.3 is 9.84 Å². The van der Waals surface area contributed by atoms with Gasteiger partial charge in [-0.3, -0.25) is 4.98 Å². The van der Waals surface area contributed by atoms with Crippen LogP contribution in [-0.2, 0) is 16.6 Å². The van der Waals surface area contributed by atoms with E-state index in [1.807, 2.05) is 6.92 Å². The molecule has 0 bridgehead atoms. The number of nitrogens with one attached hydrogen (secondary N) is 2. The minimum atomic E-state index is -3.67. The summed E-state index contributed by atoms with van der Waals surface area (Å²) in [5, 5.41) is 6.83. The van der Waals surface area contributed by atoms with Crippen molar-refractivity contribution in [1.82, 2.24) is 14.9 Å². The average Bonchev–Trinajstić information content (AvgIpc) is 2.89. The summed E-state index contributed by atoms with van der Waals surface area (Å²) in [6, 6.07) is 3.33. The van der Waals surface area contributed by atoms with Crippen LogP contribution in [0.3, 0.4) is 0 Å². The quantitative estimate of drug-likeness (QED) is 0.807. The summed E-state index contributed by atoms with van der Waals surface area (Å²) in [4.78, 5) is 4.01. The standard InChI is InChI=1S/C13H18N4O3S/c1-3-5-15-12-4-6-14-9-13(12)21(18,19)16-8-11-7-10(2)20-17-11/h4,6-7,9,16H,3,5,8H2,1-2H3,(H,14,15). The van der Waals surface area contributed by atoms with E-state index in [1.54, 1.807) is 25.3 Å². The van der Waals surface area contributed by atoms with Gasteiger partial charge in [0.1, 0.15) is 10.7 Å². The molecule has 0 spiro atoms. The Balaban J connectivity index is 2.15. The van der Waals surface area contributed by atoms with Gasteiger partial charge in [-0.05, 0) is 19.4 Å².